The Morgan fingerprint density at radius 3 is 2.50 bits per heavy atom. The Kier molecular flexibility index (Phi) is 8.10. The lowest BCUT2D eigenvalue weighted by molar-refractivity contribution is -0.176. The SMILES string of the molecule is CN=C(NCCCn1c(C)nc2ccccc21)NCc1ccc(COCC(F)(F)F)cc1. The zero-order chi connectivity index (χ0) is 23.0. The summed E-state index contributed by atoms with van der Waals surface area (Å²) in [6.07, 6.45) is -3.40. The summed E-state index contributed by atoms with van der Waals surface area (Å²) in [7, 11) is 1.71. The maximum atomic E-state index is 12.1. The number of hydrogen-bond acceptors (Lipinski definition) is 3. The summed E-state index contributed by atoms with van der Waals surface area (Å²) in [5.41, 5.74) is 3.84. The number of halogens is 3. The van der Waals surface area contributed by atoms with Gasteiger partial charge in [-0.3, -0.25) is 4.99 Å². The molecular weight excluding hydrogens is 419 g/mol. The van der Waals surface area contributed by atoms with Crippen molar-refractivity contribution in [2.75, 3.05) is 20.2 Å². The molecule has 0 atom stereocenters. The van der Waals surface area contributed by atoms with E-state index < -0.39 is 12.8 Å². The van der Waals surface area contributed by atoms with Gasteiger partial charge in [0.1, 0.15) is 12.4 Å². The molecule has 1 heterocycles. The van der Waals surface area contributed by atoms with E-state index in [1.807, 2.05) is 37.3 Å². The quantitative estimate of drug-likeness (QED) is 0.294. The van der Waals surface area contributed by atoms with E-state index in [9.17, 15) is 13.2 Å². The summed E-state index contributed by atoms with van der Waals surface area (Å²) in [4.78, 5) is 8.82. The predicted octanol–water partition coefficient (Wildman–Crippen LogP) is 4.18. The second kappa shape index (κ2) is 11.0. The first-order valence-electron chi connectivity index (χ1n) is 10.4. The van der Waals surface area contributed by atoms with Gasteiger partial charge >= 0.3 is 6.18 Å². The minimum atomic E-state index is -4.31. The molecule has 0 spiro atoms. The van der Waals surface area contributed by atoms with Crippen LogP contribution in [-0.4, -0.2) is 41.9 Å². The normalized spacial score (nSPS) is 12.3. The molecule has 6 nitrogen and oxygen atoms in total. The van der Waals surface area contributed by atoms with Crippen molar-refractivity contribution in [3.63, 3.8) is 0 Å². The molecule has 2 aromatic carbocycles. The summed E-state index contributed by atoms with van der Waals surface area (Å²) in [6, 6.07) is 15.4. The molecule has 32 heavy (non-hydrogen) atoms. The number of nitrogens with one attached hydrogen (secondary N) is 2. The van der Waals surface area contributed by atoms with E-state index in [4.69, 9.17) is 0 Å². The Morgan fingerprint density at radius 1 is 1.06 bits per heavy atom. The molecule has 9 heteroatoms. The summed E-state index contributed by atoms with van der Waals surface area (Å²) in [6.45, 7) is 2.86. The highest BCUT2D eigenvalue weighted by atomic mass is 19.4. The molecule has 3 aromatic rings. The number of aromatic nitrogens is 2. The van der Waals surface area contributed by atoms with E-state index in [2.05, 4.69) is 36.0 Å². The van der Waals surface area contributed by atoms with E-state index in [0.29, 0.717) is 18.1 Å². The highest BCUT2D eigenvalue weighted by Gasteiger charge is 2.27. The predicted molar refractivity (Wildman–Crippen MR) is 119 cm³/mol. The van der Waals surface area contributed by atoms with Gasteiger partial charge in [0.2, 0.25) is 0 Å². The number of fused-ring (bicyclic) bond motifs is 1. The molecule has 0 radical (unpaired) electrons. The van der Waals surface area contributed by atoms with Gasteiger partial charge in [-0.1, -0.05) is 36.4 Å². The molecule has 0 aliphatic carbocycles. The Hall–Kier alpha value is -3.07. The van der Waals surface area contributed by atoms with Crippen molar-refractivity contribution in [1.29, 1.82) is 0 Å². The van der Waals surface area contributed by atoms with Crippen LogP contribution in [0.2, 0.25) is 0 Å². The number of rotatable bonds is 9. The van der Waals surface area contributed by atoms with E-state index >= 15 is 0 Å². The van der Waals surface area contributed by atoms with E-state index in [1.165, 1.54) is 0 Å². The fourth-order valence-electron chi connectivity index (χ4n) is 3.37. The van der Waals surface area contributed by atoms with Crippen molar-refractivity contribution >= 4 is 17.0 Å². The largest absolute Gasteiger partial charge is 0.411 e. The van der Waals surface area contributed by atoms with Crippen LogP contribution in [0.1, 0.15) is 23.4 Å². The lowest BCUT2D eigenvalue weighted by Crippen LogP contribution is -2.37. The number of alkyl halides is 3. The summed E-state index contributed by atoms with van der Waals surface area (Å²) in [5, 5.41) is 6.54. The first kappa shape index (κ1) is 23.6. The monoisotopic (exact) mass is 447 g/mol. The average Bonchev–Trinajstić information content (AvgIpc) is 3.08. The molecule has 0 fully saturated rings. The Morgan fingerprint density at radius 2 is 1.78 bits per heavy atom. The summed E-state index contributed by atoms with van der Waals surface area (Å²) < 4.78 is 43.3. The molecular formula is C23H28F3N5O. The molecule has 3 rings (SSSR count). The van der Waals surface area contributed by atoms with Gasteiger partial charge in [-0.15, -0.1) is 0 Å². The number of benzene rings is 2. The minimum absolute atomic E-state index is 0.0673. The number of ether oxygens (including phenoxy) is 1. The van der Waals surface area contributed by atoms with Gasteiger partial charge in [-0.25, -0.2) is 4.98 Å². The van der Waals surface area contributed by atoms with Crippen LogP contribution in [0.15, 0.2) is 53.5 Å². The van der Waals surface area contributed by atoms with Crippen LogP contribution in [-0.2, 0) is 24.4 Å². The summed E-state index contributed by atoms with van der Waals surface area (Å²) >= 11 is 0. The van der Waals surface area contributed by atoms with Crippen LogP contribution in [0.25, 0.3) is 11.0 Å². The van der Waals surface area contributed by atoms with Gasteiger partial charge in [0, 0.05) is 26.7 Å². The number of aliphatic imine (C=N–C) groups is 1. The Labute approximate surface area is 185 Å². The Bertz CT molecular complexity index is 1030. The van der Waals surface area contributed by atoms with Gasteiger partial charge in [0.25, 0.3) is 0 Å². The van der Waals surface area contributed by atoms with Crippen molar-refractivity contribution in [2.24, 2.45) is 4.99 Å². The number of nitrogens with zero attached hydrogens (tertiary/aromatic N) is 3. The lowest BCUT2D eigenvalue weighted by Gasteiger charge is -2.13. The first-order valence-corrected chi connectivity index (χ1v) is 10.4. The Balaban J connectivity index is 1.40. The first-order chi connectivity index (χ1) is 15.4. The van der Waals surface area contributed by atoms with E-state index in [-0.39, 0.29) is 6.61 Å². The highest BCUT2D eigenvalue weighted by molar-refractivity contribution is 5.79. The lowest BCUT2D eigenvalue weighted by atomic mass is 10.1. The van der Waals surface area contributed by atoms with E-state index in [1.54, 1.807) is 19.2 Å². The van der Waals surface area contributed by atoms with Crippen LogP contribution in [0, 0.1) is 6.92 Å². The number of guanidine groups is 1. The van der Waals surface area contributed by atoms with Crippen molar-refractivity contribution in [2.45, 2.75) is 39.2 Å². The summed E-state index contributed by atoms with van der Waals surface area (Å²) in [5.74, 6) is 1.69. The zero-order valence-corrected chi connectivity index (χ0v) is 18.2. The third-order valence-electron chi connectivity index (χ3n) is 4.94. The smallest absolute Gasteiger partial charge is 0.367 e. The maximum absolute atomic E-state index is 12.1. The van der Waals surface area contributed by atoms with Gasteiger partial charge < -0.3 is 19.9 Å². The number of hydrogen-bond donors (Lipinski definition) is 2. The topological polar surface area (TPSA) is 63.5 Å². The molecule has 2 N–H and O–H groups in total. The van der Waals surface area contributed by atoms with Crippen LogP contribution in [0.3, 0.4) is 0 Å². The molecule has 1 aromatic heterocycles. The van der Waals surface area contributed by atoms with Crippen LogP contribution >= 0.6 is 0 Å². The molecule has 0 unspecified atom stereocenters. The second-order valence-corrected chi connectivity index (χ2v) is 7.43. The van der Waals surface area contributed by atoms with Crippen LogP contribution in [0.4, 0.5) is 13.2 Å². The standard InChI is InChI=1S/C23H28F3N5O/c1-17-30-20-6-3-4-7-21(20)31(17)13-5-12-28-22(27-2)29-14-18-8-10-19(11-9-18)15-32-16-23(24,25)26/h3-4,6-11H,5,12-16H2,1-2H3,(H2,27,28,29). The molecule has 0 aliphatic rings. The van der Waals surface area contributed by atoms with Gasteiger partial charge in [-0.05, 0) is 36.6 Å². The molecule has 0 bridgehead atoms. The van der Waals surface area contributed by atoms with Crippen LogP contribution < -0.4 is 10.6 Å². The zero-order valence-electron chi connectivity index (χ0n) is 18.2. The van der Waals surface area contributed by atoms with Crippen molar-refractivity contribution in [3.05, 3.63) is 65.5 Å². The molecule has 0 saturated heterocycles. The van der Waals surface area contributed by atoms with Crippen molar-refractivity contribution in [1.82, 2.24) is 20.2 Å². The minimum Gasteiger partial charge on any atom is -0.367 e. The maximum Gasteiger partial charge on any atom is 0.411 e. The average molecular weight is 448 g/mol. The van der Waals surface area contributed by atoms with Gasteiger partial charge in [0.05, 0.1) is 17.6 Å². The number of para-hydroxylation sites is 2. The molecule has 0 saturated carbocycles. The number of aryl methyl sites for hydroxylation is 2. The van der Waals surface area contributed by atoms with Crippen LogP contribution in [0.5, 0.6) is 0 Å². The van der Waals surface area contributed by atoms with Gasteiger partial charge in [-0.2, -0.15) is 13.2 Å². The fraction of sp³-hybridized carbons (Fsp3) is 0.391. The molecule has 0 amide bonds. The second-order valence-electron chi connectivity index (χ2n) is 7.43. The molecule has 0 aliphatic heterocycles. The van der Waals surface area contributed by atoms with E-state index in [0.717, 1.165) is 41.9 Å². The van der Waals surface area contributed by atoms with Crippen molar-refractivity contribution in [3.8, 4) is 0 Å². The number of imidazole rings is 1. The van der Waals surface area contributed by atoms with Gasteiger partial charge in [0.15, 0.2) is 5.96 Å². The van der Waals surface area contributed by atoms with Crippen molar-refractivity contribution < 1.29 is 17.9 Å². The third kappa shape index (κ3) is 6.98. The molecule has 172 valence electrons. The fourth-order valence-corrected chi connectivity index (χ4v) is 3.37. The highest BCUT2D eigenvalue weighted by Crippen LogP contribution is 2.16. The third-order valence-corrected chi connectivity index (χ3v) is 4.94.